The molecule has 10 heteroatoms. The van der Waals surface area contributed by atoms with E-state index in [9.17, 15) is 4.79 Å². The molecule has 0 spiro atoms. The third-order valence-electron chi connectivity index (χ3n) is 3.70. The van der Waals surface area contributed by atoms with Crippen molar-refractivity contribution in [1.29, 1.82) is 0 Å². The van der Waals surface area contributed by atoms with Crippen LogP contribution < -0.4 is 20.7 Å². The molecule has 2 aliphatic heterocycles. The van der Waals surface area contributed by atoms with Gasteiger partial charge in [-0.2, -0.15) is 9.97 Å². The number of rotatable bonds is 4. The van der Waals surface area contributed by atoms with E-state index in [-0.39, 0.29) is 18.3 Å². The molecule has 24 heavy (non-hydrogen) atoms. The highest BCUT2D eigenvalue weighted by Crippen LogP contribution is 2.21. The van der Waals surface area contributed by atoms with Gasteiger partial charge in [-0.3, -0.25) is 15.6 Å². The van der Waals surface area contributed by atoms with E-state index >= 15 is 0 Å². The number of nitrogens with one attached hydrogen (secondary N) is 2. The molecule has 2 saturated heterocycles. The summed E-state index contributed by atoms with van der Waals surface area (Å²) in [5.41, 5.74) is 5.39. The molecule has 0 bridgehead atoms. The number of aromatic nitrogens is 2. The number of hydrogen-bond acceptors (Lipinski definition) is 8. The summed E-state index contributed by atoms with van der Waals surface area (Å²) < 4.78 is 10.8. The van der Waals surface area contributed by atoms with E-state index in [1.54, 1.807) is 0 Å². The van der Waals surface area contributed by atoms with Crippen LogP contribution in [0.3, 0.4) is 0 Å². The first-order chi connectivity index (χ1) is 11.2. The second-order valence-electron chi connectivity index (χ2n) is 5.42. The summed E-state index contributed by atoms with van der Waals surface area (Å²) >= 11 is 0. The Kier molecular flexibility index (Phi) is 6.83. The van der Waals surface area contributed by atoms with Gasteiger partial charge in [0.25, 0.3) is 0 Å². The van der Waals surface area contributed by atoms with Gasteiger partial charge in [0.05, 0.1) is 26.4 Å². The minimum absolute atomic E-state index is 0. The van der Waals surface area contributed by atoms with Crippen LogP contribution in [0.1, 0.15) is 6.92 Å². The molecule has 0 radical (unpaired) electrons. The van der Waals surface area contributed by atoms with Crippen molar-refractivity contribution in [2.24, 2.45) is 0 Å². The zero-order chi connectivity index (χ0) is 16.1. The number of hydrazine groups is 1. The van der Waals surface area contributed by atoms with Crippen LogP contribution in [0, 0.1) is 0 Å². The highest BCUT2D eigenvalue weighted by molar-refractivity contribution is 5.85. The number of anilines is 3. The summed E-state index contributed by atoms with van der Waals surface area (Å²) in [6.45, 7) is 7.24. The minimum Gasteiger partial charge on any atom is -0.378 e. The lowest BCUT2D eigenvalue weighted by atomic mass is 10.4. The number of halogens is 1. The van der Waals surface area contributed by atoms with E-state index in [4.69, 9.17) is 9.47 Å². The van der Waals surface area contributed by atoms with Gasteiger partial charge in [0, 0.05) is 39.2 Å². The number of nitrogens with zero attached hydrogens (tertiary/aromatic N) is 4. The van der Waals surface area contributed by atoms with Crippen LogP contribution in [0.15, 0.2) is 6.07 Å². The fourth-order valence-corrected chi connectivity index (χ4v) is 2.50. The molecule has 9 nitrogen and oxygen atoms in total. The van der Waals surface area contributed by atoms with Gasteiger partial charge >= 0.3 is 0 Å². The van der Waals surface area contributed by atoms with Crippen molar-refractivity contribution in [1.82, 2.24) is 15.4 Å². The third-order valence-corrected chi connectivity index (χ3v) is 3.70. The number of carbonyl (C=O) groups excluding carboxylic acids is 1. The lowest BCUT2D eigenvalue weighted by Gasteiger charge is -2.31. The summed E-state index contributed by atoms with van der Waals surface area (Å²) in [6.07, 6.45) is 0. The van der Waals surface area contributed by atoms with E-state index < -0.39 is 0 Å². The predicted octanol–water partition coefficient (Wildman–Crippen LogP) is 0.0346. The Morgan fingerprint density at radius 3 is 2.21 bits per heavy atom. The molecule has 1 aromatic rings. The number of amides is 1. The molecule has 0 saturated carbocycles. The molecule has 2 fully saturated rings. The molecule has 1 aromatic heterocycles. The first kappa shape index (κ1) is 18.5. The highest BCUT2D eigenvalue weighted by Gasteiger charge is 2.19. The Balaban J connectivity index is 0.00000208. The summed E-state index contributed by atoms with van der Waals surface area (Å²) in [5.74, 6) is 1.87. The number of hydrogen-bond donors (Lipinski definition) is 2. The Morgan fingerprint density at radius 2 is 1.62 bits per heavy atom. The summed E-state index contributed by atoms with van der Waals surface area (Å²) in [4.78, 5) is 24.6. The van der Waals surface area contributed by atoms with Gasteiger partial charge in [0.15, 0.2) is 5.82 Å². The topological polar surface area (TPSA) is 91.9 Å². The fourth-order valence-electron chi connectivity index (χ4n) is 2.50. The van der Waals surface area contributed by atoms with Crippen LogP contribution in [0.25, 0.3) is 0 Å². The van der Waals surface area contributed by atoms with Crippen LogP contribution in [0.4, 0.5) is 17.6 Å². The first-order valence-electron chi connectivity index (χ1n) is 7.79. The van der Waals surface area contributed by atoms with E-state index in [0.717, 1.165) is 32.0 Å². The maximum absolute atomic E-state index is 11.1. The van der Waals surface area contributed by atoms with Crippen LogP contribution >= 0.6 is 12.4 Å². The van der Waals surface area contributed by atoms with Crippen LogP contribution in [-0.4, -0.2) is 68.5 Å². The molecule has 1 amide bonds. The molecule has 0 aliphatic carbocycles. The van der Waals surface area contributed by atoms with Crippen molar-refractivity contribution >= 4 is 35.9 Å². The van der Waals surface area contributed by atoms with Gasteiger partial charge in [0.2, 0.25) is 11.9 Å². The van der Waals surface area contributed by atoms with Gasteiger partial charge in [0.1, 0.15) is 5.82 Å². The van der Waals surface area contributed by atoms with Gasteiger partial charge in [-0.05, 0) is 0 Å². The fraction of sp³-hybridized carbons (Fsp3) is 0.643. The van der Waals surface area contributed by atoms with Gasteiger partial charge < -0.3 is 19.3 Å². The Morgan fingerprint density at radius 1 is 1.04 bits per heavy atom. The van der Waals surface area contributed by atoms with Crippen LogP contribution in [0.2, 0.25) is 0 Å². The lowest BCUT2D eigenvalue weighted by Crippen LogP contribution is -2.39. The van der Waals surface area contributed by atoms with Crippen molar-refractivity contribution in [2.75, 3.05) is 67.8 Å². The van der Waals surface area contributed by atoms with Crippen molar-refractivity contribution in [3.8, 4) is 0 Å². The predicted molar refractivity (Wildman–Crippen MR) is 92.8 cm³/mol. The average Bonchev–Trinajstić information content (AvgIpc) is 2.61. The highest BCUT2D eigenvalue weighted by atomic mass is 35.5. The van der Waals surface area contributed by atoms with Crippen molar-refractivity contribution in [3.63, 3.8) is 0 Å². The maximum Gasteiger partial charge on any atom is 0.235 e. The van der Waals surface area contributed by atoms with Gasteiger partial charge in [-0.25, -0.2) is 0 Å². The molecular formula is C14H23ClN6O3. The van der Waals surface area contributed by atoms with Crippen LogP contribution in [0.5, 0.6) is 0 Å². The Bertz CT molecular complexity index is 513. The van der Waals surface area contributed by atoms with E-state index in [2.05, 4.69) is 30.6 Å². The largest absolute Gasteiger partial charge is 0.378 e. The minimum atomic E-state index is -0.176. The normalized spacial score (nSPS) is 17.9. The first-order valence-corrected chi connectivity index (χ1v) is 7.79. The average molecular weight is 359 g/mol. The van der Waals surface area contributed by atoms with E-state index in [0.29, 0.717) is 38.2 Å². The maximum atomic E-state index is 11.1. The second-order valence-corrected chi connectivity index (χ2v) is 5.42. The molecule has 2 aliphatic rings. The zero-order valence-electron chi connectivity index (χ0n) is 13.7. The van der Waals surface area contributed by atoms with Crippen molar-refractivity contribution in [2.45, 2.75) is 6.92 Å². The van der Waals surface area contributed by atoms with Crippen molar-refractivity contribution in [3.05, 3.63) is 6.07 Å². The lowest BCUT2D eigenvalue weighted by molar-refractivity contribution is -0.118. The third kappa shape index (κ3) is 4.83. The Hall–Kier alpha value is -1.84. The van der Waals surface area contributed by atoms with E-state index in [1.807, 2.05) is 6.07 Å². The SMILES string of the molecule is CC(=O)NNc1cc(N2CCOCC2)nc(N2CCOCC2)n1.Cl. The zero-order valence-corrected chi connectivity index (χ0v) is 14.5. The van der Waals surface area contributed by atoms with Crippen molar-refractivity contribution < 1.29 is 14.3 Å². The Labute approximate surface area is 147 Å². The summed E-state index contributed by atoms with van der Waals surface area (Å²) in [7, 11) is 0. The van der Waals surface area contributed by atoms with Gasteiger partial charge in [-0.1, -0.05) is 0 Å². The number of morpholine rings is 2. The molecule has 134 valence electrons. The molecule has 3 rings (SSSR count). The molecule has 0 atom stereocenters. The molecule has 3 heterocycles. The molecule has 0 aromatic carbocycles. The number of carbonyl (C=O) groups is 1. The second kappa shape index (κ2) is 8.86. The quantitative estimate of drug-likeness (QED) is 0.729. The summed E-state index contributed by atoms with van der Waals surface area (Å²) in [5, 5.41) is 0. The molecule has 0 unspecified atom stereocenters. The molecular weight excluding hydrogens is 336 g/mol. The smallest absolute Gasteiger partial charge is 0.235 e. The summed E-state index contributed by atoms with van der Waals surface area (Å²) in [6, 6.07) is 1.84. The van der Waals surface area contributed by atoms with Gasteiger partial charge in [-0.15, -0.1) is 12.4 Å². The molecule has 2 N–H and O–H groups in total. The van der Waals surface area contributed by atoms with Crippen LogP contribution in [-0.2, 0) is 14.3 Å². The number of ether oxygens (including phenoxy) is 2. The monoisotopic (exact) mass is 358 g/mol. The standard InChI is InChI=1S/C14H22N6O3.ClH/c1-11(21)17-18-12-10-13(19-2-6-22-7-3-19)16-14(15-12)20-4-8-23-9-5-20;/h10H,2-9H2,1H3,(H,17,21)(H,15,16,18);1H. The van der Waals surface area contributed by atoms with E-state index in [1.165, 1.54) is 6.92 Å².